The Labute approximate surface area is 177 Å². The number of rotatable bonds is 10. The Kier molecular flexibility index (Phi) is 7.45. The fraction of sp³-hybridized carbons (Fsp3) is 0.478. The summed E-state index contributed by atoms with van der Waals surface area (Å²) in [6, 6.07) is 9.85. The van der Waals surface area contributed by atoms with E-state index >= 15 is 0 Å². The normalized spacial score (nSPS) is 11.5. The minimum absolute atomic E-state index is 0.1000. The van der Waals surface area contributed by atoms with E-state index in [1.165, 1.54) is 4.88 Å². The second-order valence-corrected chi connectivity index (χ2v) is 8.48. The first kappa shape index (κ1) is 21.5. The van der Waals surface area contributed by atoms with Crippen molar-refractivity contribution in [2.45, 2.75) is 53.6 Å². The lowest BCUT2D eigenvalue weighted by Gasteiger charge is -2.20. The summed E-state index contributed by atoms with van der Waals surface area (Å²) >= 11 is 1.62. The van der Waals surface area contributed by atoms with Gasteiger partial charge in [-0.1, -0.05) is 32.0 Å². The number of thiophene rings is 1. The summed E-state index contributed by atoms with van der Waals surface area (Å²) < 4.78 is 7.68. The molecule has 156 valence electrons. The maximum Gasteiger partial charge on any atom is 0.262 e. The van der Waals surface area contributed by atoms with Crippen LogP contribution in [-0.2, 0) is 13.1 Å². The predicted molar refractivity (Wildman–Crippen MR) is 121 cm³/mol. The van der Waals surface area contributed by atoms with E-state index in [4.69, 9.17) is 9.72 Å². The van der Waals surface area contributed by atoms with Gasteiger partial charge in [0.15, 0.2) is 0 Å². The summed E-state index contributed by atoms with van der Waals surface area (Å²) in [4.78, 5) is 22.6. The smallest absolute Gasteiger partial charge is 0.262 e. The van der Waals surface area contributed by atoms with Crippen LogP contribution in [0.5, 0.6) is 5.75 Å². The highest BCUT2D eigenvalue weighted by Crippen LogP contribution is 2.26. The molecule has 2 aromatic heterocycles. The molecule has 3 aromatic rings. The number of aromatic nitrogens is 2. The van der Waals surface area contributed by atoms with Crippen LogP contribution < -0.4 is 10.3 Å². The molecular weight excluding hydrogens is 382 g/mol. The summed E-state index contributed by atoms with van der Waals surface area (Å²) in [5.41, 5.74) is 1.17. The molecule has 0 N–H and O–H groups in total. The van der Waals surface area contributed by atoms with E-state index in [-0.39, 0.29) is 5.56 Å². The number of unbranched alkanes of at least 4 members (excludes halogenated alkanes) is 1. The van der Waals surface area contributed by atoms with Gasteiger partial charge in [0, 0.05) is 11.4 Å². The molecule has 0 bridgehead atoms. The fourth-order valence-corrected chi connectivity index (χ4v) is 4.49. The van der Waals surface area contributed by atoms with Crippen LogP contribution in [0.15, 0.2) is 35.1 Å². The highest BCUT2D eigenvalue weighted by atomic mass is 32.1. The first-order valence-corrected chi connectivity index (χ1v) is 11.3. The Balaban J connectivity index is 1.77. The van der Waals surface area contributed by atoms with Gasteiger partial charge >= 0.3 is 0 Å². The number of aryl methyl sites for hydroxylation is 2. The molecule has 0 fully saturated rings. The quantitative estimate of drug-likeness (QED) is 0.449. The molecule has 0 aliphatic carbocycles. The van der Waals surface area contributed by atoms with E-state index in [0.717, 1.165) is 53.3 Å². The highest BCUT2D eigenvalue weighted by molar-refractivity contribution is 7.18. The zero-order chi connectivity index (χ0) is 20.8. The van der Waals surface area contributed by atoms with Crippen molar-refractivity contribution in [1.82, 2.24) is 14.5 Å². The first-order valence-electron chi connectivity index (χ1n) is 10.4. The third-order valence-corrected chi connectivity index (χ3v) is 6.52. The molecule has 0 radical (unpaired) electrons. The maximum absolute atomic E-state index is 13.3. The van der Waals surface area contributed by atoms with Crippen LogP contribution in [-0.4, -0.2) is 34.1 Å². The molecule has 3 rings (SSSR count). The zero-order valence-corrected chi connectivity index (χ0v) is 18.7. The van der Waals surface area contributed by atoms with Crippen molar-refractivity contribution < 1.29 is 4.74 Å². The van der Waals surface area contributed by atoms with Crippen LogP contribution in [0.4, 0.5) is 0 Å². The fourth-order valence-electron chi connectivity index (χ4n) is 3.45. The van der Waals surface area contributed by atoms with Crippen molar-refractivity contribution in [3.05, 3.63) is 57.0 Å². The summed E-state index contributed by atoms with van der Waals surface area (Å²) in [5, 5.41) is 0.788. The molecule has 0 saturated heterocycles. The van der Waals surface area contributed by atoms with Crippen LogP contribution in [0.3, 0.4) is 0 Å². The second kappa shape index (κ2) is 10.0. The lowest BCUT2D eigenvalue weighted by Crippen LogP contribution is -2.31. The zero-order valence-electron chi connectivity index (χ0n) is 17.9. The average Bonchev–Trinajstić information content (AvgIpc) is 3.02. The number of benzene rings is 1. The number of ether oxygens (including phenoxy) is 1. The lowest BCUT2D eigenvalue weighted by molar-refractivity contribution is 0.278. The molecule has 0 unspecified atom stereocenters. The van der Waals surface area contributed by atoms with Gasteiger partial charge in [0.2, 0.25) is 0 Å². The topological polar surface area (TPSA) is 47.4 Å². The standard InChI is InChI=1S/C23H31N3O2S/c1-5-25(6-2)16-20-24-22-21(17(3)18(4)29-22)23(27)26(20)14-10-11-15-28-19-12-8-7-9-13-19/h7-9,12-13H,5-6,10-11,14-16H2,1-4H3. The van der Waals surface area contributed by atoms with Gasteiger partial charge in [0.1, 0.15) is 16.4 Å². The van der Waals surface area contributed by atoms with Crippen LogP contribution in [0.25, 0.3) is 10.2 Å². The van der Waals surface area contributed by atoms with Gasteiger partial charge < -0.3 is 4.74 Å². The molecule has 0 aliphatic heterocycles. The highest BCUT2D eigenvalue weighted by Gasteiger charge is 2.17. The molecule has 0 aliphatic rings. The molecule has 5 nitrogen and oxygen atoms in total. The molecule has 6 heteroatoms. The molecule has 0 atom stereocenters. The summed E-state index contributed by atoms with van der Waals surface area (Å²) in [5.74, 6) is 1.76. The van der Waals surface area contributed by atoms with Gasteiger partial charge in [-0.3, -0.25) is 14.3 Å². The minimum atomic E-state index is 0.1000. The van der Waals surface area contributed by atoms with Crippen molar-refractivity contribution >= 4 is 21.6 Å². The van der Waals surface area contributed by atoms with Crippen molar-refractivity contribution in [1.29, 1.82) is 0 Å². The molecule has 29 heavy (non-hydrogen) atoms. The second-order valence-electron chi connectivity index (χ2n) is 7.28. The monoisotopic (exact) mass is 413 g/mol. The summed E-state index contributed by atoms with van der Waals surface area (Å²) in [6.07, 6.45) is 1.78. The molecule has 0 spiro atoms. The van der Waals surface area contributed by atoms with E-state index < -0.39 is 0 Å². The van der Waals surface area contributed by atoms with Crippen LogP contribution in [0.1, 0.15) is 43.0 Å². The molecule has 0 amide bonds. The number of hydrogen-bond acceptors (Lipinski definition) is 5. The molecule has 0 saturated carbocycles. The lowest BCUT2D eigenvalue weighted by atomic mass is 10.2. The van der Waals surface area contributed by atoms with E-state index in [2.05, 4.69) is 25.7 Å². The number of fused-ring (bicyclic) bond motifs is 1. The maximum atomic E-state index is 13.3. The largest absolute Gasteiger partial charge is 0.494 e. The summed E-state index contributed by atoms with van der Waals surface area (Å²) in [7, 11) is 0. The number of hydrogen-bond donors (Lipinski definition) is 0. The Morgan fingerprint density at radius 3 is 2.52 bits per heavy atom. The number of nitrogens with zero attached hydrogens (tertiary/aromatic N) is 3. The Morgan fingerprint density at radius 1 is 1.10 bits per heavy atom. The SMILES string of the molecule is CCN(CC)Cc1nc2sc(C)c(C)c2c(=O)n1CCCCOc1ccccc1. The summed E-state index contributed by atoms with van der Waals surface area (Å²) in [6.45, 7) is 12.3. The van der Waals surface area contributed by atoms with Gasteiger partial charge in [-0.2, -0.15) is 0 Å². The Hall–Kier alpha value is -2.18. The van der Waals surface area contributed by atoms with Crippen molar-refractivity contribution in [3.8, 4) is 5.75 Å². The van der Waals surface area contributed by atoms with Crippen molar-refractivity contribution in [2.75, 3.05) is 19.7 Å². The van der Waals surface area contributed by atoms with Crippen LogP contribution in [0, 0.1) is 13.8 Å². The van der Waals surface area contributed by atoms with E-state index in [1.807, 2.05) is 41.8 Å². The Morgan fingerprint density at radius 2 is 1.83 bits per heavy atom. The van der Waals surface area contributed by atoms with Crippen LogP contribution >= 0.6 is 11.3 Å². The predicted octanol–water partition coefficient (Wildman–Crippen LogP) is 4.78. The van der Waals surface area contributed by atoms with Gasteiger partial charge in [0.25, 0.3) is 5.56 Å². The minimum Gasteiger partial charge on any atom is -0.494 e. The van der Waals surface area contributed by atoms with Gasteiger partial charge in [-0.25, -0.2) is 4.98 Å². The van der Waals surface area contributed by atoms with Gasteiger partial charge in [-0.15, -0.1) is 11.3 Å². The van der Waals surface area contributed by atoms with E-state index in [1.54, 1.807) is 11.3 Å². The van der Waals surface area contributed by atoms with Crippen molar-refractivity contribution in [2.24, 2.45) is 0 Å². The third-order valence-electron chi connectivity index (χ3n) is 5.42. The van der Waals surface area contributed by atoms with Gasteiger partial charge in [0.05, 0.1) is 18.5 Å². The van der Waals surface area contributed by atoms with Crippen LogP contribution in [0.2, 0.25) is 0 Å². The molecular formula is C23H31N3O2S. The third kappa shape index (κ3) is 5.06. The van der Waals surface area contributed by atoms with Gasteiger partial charge in [-0.05, 0) is 57.5 Å². The van der Waals surface area contributed by atoms with E-state index in [9.17, 15) is 4.79 Å². The average molecular weight is 414 g/mol. The first-order chi connectivity index (χ1) is 14.0. The molecule has 2 heterocycles. The Bertz CT molecular complexity index is 991. The van der Waals surface area contributed by atoms with E-state index in [0.29, 0.717) is 19.7 Å². The number of para-hydroxylation sites is 1. The van der Waals surface area contributed by atoms with Crippen molar-refractivity contribution in [3.63, 3.8) is 0 Å². The molecule has 1 aromatic carbocycles.